The molecule has 0 spiro atoms. The number of anilines is 3. The summed E-state index contributed by atoms with van der Waals surface area (Å²) in [6.07, 6.45) is -4.42. The molecule has 0 unspecified atom stereocenters. The number of rotatable bonds is 8. The minimum atomic E-state index is -4.48. The van der Waals surface area contributed by atoms with E-state index in [-0.39, 0.29) is 29.9 Å². The first kappa shape index (κ1) is 25.6. The van der Waals surface area contributed by atoms with E-state index >= 15 is 0 Å². The van der Waals surface area contributed by atoms with E-state index in [4.69, 9.17) is 9.84 Å². The van der Waals surface area contributed by atoms with Crippen LogP contribution in [-0.4, -0.2) is 76.6 Å². The van der Waals surface area contributed by atoms with Crippen molar-refractivity contribution in [1.82, 2.24) is 9.97 Å². The van der Waals surface area contributed by atoms with E-state index in [0.29, 0.717) is 30.9 Å². The molecule has 3 N–H and O–H groups in total. The van der Waals surface area contributed by atoms with Crippen LogP contribution in [0.25, 0.3) is 0 Å². The molecule has 194 valence electrons. The monoisotopic (exact) mass is 509 g/mol. The molecular weight excluding hydrogens is 483 g/mol. The number of hydrogen-bond donors (Lipinski definition) is 3. The number of aromatic nitrogens is 2. The van der Waals surface area contributed by atoms with E-state index in [2.05, 4.69) is 20.2 Å². The number of amides is 2. The summed E-state index contributed by atoms with van der Waals surface area (Å²) < 4.78 is 44.1. The van der Waals surface area contributed by atoms with Gasteiger partial charge < -0.3 is 19.8 Å². The van der Waals surface area contributed by atoms with E-state index in [1.165, 1.54) is 23.1 Å². The van der Waals surface area contributed by atoms with Gasteiger partial charge in [-0.15, -0.1) is 0 Å². The molecule has 1 aromatic heterocycles. The number of urea groups is 1. The molecule has 2 aliphatic heterocycles. The predicted octanol–water partition coefficient (Wildman–Crippen LogP) is 2.61. The lowest BCUT2D eigenvalue weighted by Crippen LogP contribution is -2.48. The van der Waals surface area contributed by atoms with Gasteiger partial charge in [-0.3, -0.25) is 15.0 Å². The Bertz CT molecular complexity index is 1130. The summed E-state index contributed by atoms with van der Waals surface area (Å²) in [5.74, 6) is -2.24. The Morgan fingerprint density at radius 2 is 2.03 bits per heavy atom. The largest absolute Gasteiger partial charge is 0.475 e. The number of aliphatic hydroxyl groups excluding tert-OH is 2. The topological polar surface area (TPSA) is 128 Å². The maximum Gasteiger partial charge on any atom is 0.391 e. The molecule has 4 rings (SSSR count). The Kier molecular flexibility index (Phi) is 7.31. The molecule has 0 saturated carbocycles. The van der Waals surface area contributed by atoms with Crippen LogP contribution in [0.15, 0.2) is 30.6 Å². The van der Waals surface area contributed by atoms with Crippen molar-refractivity contribution in [3.05, 3.63) is 36.2 Å². The Labute approximate surface area is 204 Å². The van der Waals surface area contributed by atoms with Gasteiger partial charge in [-0.05, 0) is 24.6 Å². The highest BCUT2D eigenvalue weighted by Crippen LogP contribution is 2.41. The first-order valence-corrected chi connectivity index (χ1v) is 11.4. The maximum absolute atomic E-state index is 13.3. The number of alkyl halides is 3. The number of nitrogens with one attached hydrogen (secondary N) is 1. The maximum atomic E-state index is 13.3. The fraction of sp³-hybridized carbons (Fsp3) is 0.478. The van der Waals surface area contributed by atoms with E-state index in [0.717, 1.165) is 13.3 Å². The van der Waals surface area contributed by atoms with Gasteiger partial charge in [-0.2, -0.15) is 13.2 Å². The number of halogens is 3. The number of carbonyl (C=O) groups excluding carboxylic acids is 2. The minimum Gasteiger partial charge on any atom is -0.475 e. The Hall–Kier alpha value is -3.45. The number of nitrogens with zero attached hydrogens (tertiary/aromatic N) is 4. The summed E-state index contributed by atoms with van der Waals surface area (Å²) in [6, 6.07) is 5.24. The normalized spacial score (nSPS) is 18.4. The van der Waals surface area contributed by atoms with Gasteiger partial charge in [0.1, 0.15) is 24.9 Å². The average molecular weight is 509 g/mol. The molecule has 0 aliphatic carbocycles. The quantitative estimate of drug-likeness (QED) is 0.464. The summed E-state index contributed by atoms with van der Waals surface area (Å²) in [7, 11) is 0. The number of carbonyl (C=O) groups is 2. The lowest BCUT2D eigenvalue weighted by atomic mass is 9.97. The van der Waals surface area contributed by atoms with E-state index < -0.39 is 43.0 Å². The third-order valence-corrected chi connectivity index (χ3v) is 6.21. The summed E-state index contributed by atoms with van der Waals surface area (Å²) in [6.45, 7) is 1.55. The number of ether oxygens (including phenoxy) is 1. The van der Waals surface area contributed by atoms with Crippen LogP contribution in [0.2, 0.25) is 0 Å². The zero-order valence-corrected chi connectivity index (χ0v) is 19.4. The molecule has 2 amide bonds. The lowest BCUT2D eigenvalue weighted by molar-refractivity contribution is -0.168. The molecular formula is C23H26F3N5O5. The average Bonchev–Trinajstić information content (AvgIpc) is 3.25. The molecule has 2 bridgehead atoms. The second-order valence-corrected chi connectivity index (χ2v) is 8.85. The van der Waals surface area contributed by atoms with Crippen molar-refractivity contribution in [3.8, 4) is 5.88 Å². The molecule has 1 saturated heterocycles. The van der Waals surface area contributed by atoms with Gasteiger partial charge in [0.15, 0.2) is 5.78 Å². The summed E-state index contributed by atoms with van der Waals surface area (Å²) in [4.78, 5) is 37.4. The summed E-state index contributed by atoms with van der Waals surface area (Å²) in [5, 5.41) is 21.0. The SMILES string of the molecule is C[C@@H](CC(=O)c1ccc2c(c1)N(C(=O)Nc1cc(OC[C@@H](O)CO)ncn1)[C@H]1CCN2C1)C(F)(F)F. The molecule has 13 heteroatoms. The third kappa shape index (κ3) is 5.51. The number of benzene rings is 1. The van der Waals surface area contributed by atoms with Crippen LogP contribution in [0.4, 0.5) is 35.2 Å². The minimum absolute atomic E-state index is 0.0746. The zero-order valence-electron chi connectivity index (χ0n) is 19.4. The predicted molar refractivity (Wildman–Crippen MR) is 123 cm³/mol. The van der Waals surface area contributed by atoms with Crippen LogP contribution in [-0.2, 0) is 0 Å². The van der Waals surface area contributed by atoms with Crippen LogP contribution in [0.1, 0.15) is 30.1 Å². The molecule has 3 atom stereocenters. The van der Waals surface area contributed by atoms with Crippen molar-refractivity contribution in [1.29, 1.82) is 0 Å². The van der Waals surface area contributed by atoms with Gasteiger partial charge in [0.25, 0.3) is 0 Å². The molecule has 10 nitrogen and oxygen atoms in total. The molecule has 3 heterocycles. The highest BCUT2D eigenvalue weighted by molar-refractivity contribution is 6.07. The van der Waals surface area contributed by atoms with E-state index in [1.54, 1.807) is 6.07 Å². The Balaban J connectivity index is 1.55. The number of ketones is 1. The van der Waals surface area contributed by atoms with E-state index in [1.807, 2.05) is 0 Å². The van der Waals surface area contributed by atoms with Gasteiger partial charge in [0.2, 0.25) is 5.88 Å². The highest BCUT2D eigenvalue weighted by atomic mass is 19.4. The molecule has 1 fully saturated rings. The van der Waals surface area contributed by atoms with Crippen molar-refractivity contribution in [2.24, 2.45) is 5.92 Å². The molecule has 2 aromatic rings. The standard InChI is InChI=1S/C23H26F3N5O5/c1-13(23(24,25)26)6-19(34)14-2-3-17-18(7-14)31(15-4-5-30(17)9-15)22(35)29-20-8-21(28-12-27-20)36-11-16(33)10-32/h2-3,7-8,12-13,15-16,32-33H,4-6,9-11H2,1H3,(H,27,28,29,35)/t13-,15-,16-/m0/s1. The van der Waals surface area contributed by atoms with Gasteiger partial charge >= 0.3 is 12.2 Å². The lowest BCUT2D eigenvalue weighted by Gasteiger charge is -2.37. The van der Waals surface area contributed by atoms with Gasteiger partial charge in [-0.1, -0.05) is 6.92 Å². The molecule has 1 aromatic carbocycles. The number of aliphatic hydroxyl groups is 2. The van der Waals surface area contributed by atoms with Crippen molar-refractivity contribution in [3.63, 3.8) is 0 Å². The van der Waals surface area contributed by atoms with Gasteiger partial charge in [-0.25, -0.2) is 14.8 Å². The number of Topliss-reactive ketones (excluding diaryl/α,β-unsaturated/α-hetero) is 1. The van der Waals surface area contributed by atoms with E-state index in [9.17, 15) is 27.9 Å². The van der Waals surface area contributed by atoms with Crippen LogP contribution >= 0.6 is 0 Å². The third-order valence-electron chi connectivity index (χ3n) is 6.21. The van der Waals surface area contributed by atoms with Gasteiger partial charge in [0, 0.05) is 31.1 Å². The summed E-state index contributed by atoms with van der Waals surface area (Å²) in [5.41, 5.74) is 1.25. The van der Waals surface area contributed by atoms with Crippen molar-refractivity contribution in [2.45, 2.75) is 38.1 Å². The second kappa shape index (κ2) is 10.3. The highest BCUT2D eigenvalue weighted by Gasteiger charge is 2.40. The first-order chi connectivity index (χ1) is 17.1. The smallest absolute Gasteiger partial charge is 0.391 e. The van der Waals surface area contributed by atoms with Crippen LogP contribution in [0.5, 0.6) is 5.88 Å². The number of fused-ring (bicyclic) bond motifs is 4. The molecule has 2 aliphatic rings. The summed E-state index contributed by atoms with van der Waals surface area (Å²) >= 11 is 0. The Morgan fingerprint density at radius 1 is 1.25 bits per heavy atom. The fourth-order valence-electron chi connectivity index (χ4n) is 4.20. The zero-order chi connectivity index (χ0) is 26.0. The Morgan fingerprint density at radius 3 is 2.75 bits per heavy atom. The molecule has 36 heavy (non-hydrogen) atoms. The van der Waals surface area contributed by atoms with Crippen LogP contribution in [0, 0.1) is 5.92 Å². The fourth-order valence-corrected chi connectivity index (χ4v) is 4.20. The van der Waals surface area contributed by atoms with Crippen molar-refractivity contribution < 1.29 is 37.7 Å². The second-order valence-electron chi connectivity index (χ2n) is 8.85. The van der Waals surface area contributed by atoms with Crippen molar-refractivity contribution in [2.75, 3.05) is 41.4 Å². The van der Waals surface area contributed by atoms with Crippen LogP contribution in [0.3, 0.4) is 0 Å². The first-order valence-electron chi connectivity index (χ1n) is 11.4. The molecule has 0 radical (unpaired) electrons. The van der Waals surface area contributed by atoms with Gasteiger partial charge in [0.05, 0.1) is 29.9 Å². The number of hydrogen-bond acceptors (Lipinski definition) is 8. The van der Waals surface area contributed by atoms with Crippen LogP contribution < -0.4 is 19.9 Å². The van der Waals surface area contributed by atoms with Crippen molar-refractivity contribution >= 4 is 29.0 Å².